The normalized spacial score (nSPS) is 13.7. The highest BCUT2D eigenvalue weighted by atomic mass is 16.3. The van der Waals surface area contributed by atoms with Gasteiger partial charge < -0.3 is 15.4 Å². The van der Waals surface area contributed by atoms with E-state index < -0.39 is 0 Å². The molecule has 1 aromatic heterocycles. The smallest absolute Gasteiger partial charge is 0.263 e. The summed E-state index contributed by atoms with van der Waals surface area (Å²) >= 11 is 0. The first-order valence-electron chi connectivity index (χ1n) is 6.53. The van der Waals surface area contributed by atoms with E-state index in [1.54, 1.807) is 26.1 Å². The molecule has 0 saturated carbocycles. The molecule has 0 amide bonds. The summed E-state index contributed by atoms with van der Waals surface area (Å²) in [7, 11) is 1.69. The number of para-hydroxylation sites is 1. The van der Waals surface area contributed by atoms with Gasteiger partial charge in [0.05, 0.1) is 11.6 Å². The maximum atomic E-state index is 12.4. The first-order chi connectivity index (χ1) is 9.47. The van der Waals surface area contributed by atoms with Crippen molar-refractivity contribution in [1.29, 1.82) is 0 Å². The van der Waals surface area contributed by atoms with Crippen molar-refractivity contribution in [3.63, 3.8) is 0 Å². The molecule has 0 unspecified atom stereocenters. The molecule has 1 heterocycles. The zero-order valence-electron chi connectivity index (χ0n) is 11.9. The van der Waals surface area contributed by atoms with Crippen LogP contribution in [0.1, 0.15) is 19.4 Å². The second-order valence-electron chi connectivity index (χ2n) is 4.90. The van der Waals surface area contributed by atoms with Crippen LogP contribution in [0.5, 0.6) is 5.75 Å². The number of aromatic hydroxyl groups is 1. The molecule has 0 spiro atoms. The van der Waals surface area contributed by atoms with E-state index in [0.29, 0.717) is 23.2 Å². The van der Waals surface area contributed by atoms with Gasteiger partial charge in [-0.2, -0.15) is 0 Å². The van der Waals surface area contributed by atoms with E-state index >= 15 is 0 Å². The topological polar surface area (TPSA) is 80.6 Å². The summed E-state index contributed by atoms with van der Waals surface area (Å²) in [6, 6.07) is 7.15. The Morgan fingerprint density at radius 2 is 2.10 bits per heavy atom. The minimum absolute atomic E-state index is 0.0193. The number of hydrogen-bond donors (Lipinski definition) is 2. The minimum atomic E-state index is -0.258. The lowest BCUT2D eigenvalue weighted by Crippen LogP contribution is -2.25. The molecule has 1 atom stereocenters. The summed E-state index contributed by atoms with van der Waals surface area (Å²) in [6.45, 7) is 3.98. The lowest BCUT2D eigenvalue weighted by molar-refractivity contribution is 0.478. The number of hydrogen-bond acceptors (Lipinski definition) is 4. The van der Waals surface area contributed by atoms with E-state index in [1.807, 2.05) is 19.1 Å². The Hall–Kier alpha value is -2.14. The predicted octanol–water partition coefficient (Wildman–Crippen LogP) is 1.40. The van der Waals surface area contributed by atoms with Crippen molar-refractivity contribution in [2.24, 2.45) is 17.8 Å². The van der Waals surface area contributed by atoms with Gasteiger partial charge in [-0.3, -0.25) is 9.79 Å². The van der Waals surface area contributed by atoms with Crippen LogP contribution in [0.25, 0.3) is 10.9 Å². The number of pyridine rings is 1. The van der Waals surface area contributed by atoms with Crippen molar-refractivity contribution in [1.82, 2.24) is 4.57 Å². The van der Waals surface area contributed by atoms with Crippen LogP contribution in [0.2, 0.25) is 0 Å². The fourth-order valence-electron chi connectivity index (χ4n) is 2.25. The molecule has 1 aromatic carbocycles. The number of rotatable bonds is 3. The van der Waals surface area contributed by atoms with Gasteiger partial charge in [0.1, 0.15) is 11.3 Å². The van der Waals surface area contributed by atoms with E-state index in [4.69, 9.17) is 5.73 Å². The number of aryl methyl sites for hydroxylation is 1. The van der Waals surface area contributed by atoms with Crippen LogP contribution < -0.4 is 11.3 Å². The molecule has 0 aliphatic rings. The van der Waals surface area contributed by atoms with Crippen molar-refractivity contribution in [2.75, 3.05) is 6.54 Å². The van der Waals surface area contributed by atoms with Gasteiger partial charge in [0.15, 0.2) is 0 Å². The number of aliphatic imine (C=N–C) groups is 1. The van der Waals surface area contributed by atoms with Gasteiger partial charge in [0.25, 0.3) is 5.56 Å². The van der Waals surface area contributed by atoms with Gasteiger partial charge in [-0.15, -0.1) is 0 Å². The van der Waals surface area contributed by atoms with Crippen molar-refractivity contribution in [3.8, 4) is 5.75 Å². The Morgan fingerprint density at radius 3 is 2.75 bits per heavy atom. The molecule has 3 N–H and O–H groups in total. The van der Waals surface area contributed by atoms with Crippen LogP contribution in [-0.4, -0.2) is 28.0 Å². The van der Waals surface area contributed by atoms with E-state index in [1.165, 1.54) is 4.57 Å². The SMILES string of the molecule is CC(=N[C@H](C)CN)c1c(O)c2ccccc2n(C)c1=O. The third-order valence-electron chi connectivity index (χ3n) is 3.39. The van der Waals surface area contributed by atoms with Gasteiger partial charge in [-0.25, -0.2) is 0 Å². The maximum Gasteiger partial charge on any atom is 0.263 e. The fraction of sp³-hybridized carbons (Fsp3) is 0.333. The third kappa shape index (κ3) is 2.32. The molecule has 0 radical (unpaired) electrons. The quantitative estimate of drug-likeness (QED) is 0.829. The molecule has 106 valence electrons. The molecular weight excluding hydrogens is 254 g/mol. The zero-order chi connectivity index (χ0) is 14.9. The summed E-state index contributed by atoms with van der Waals surface area (Å²) in [5.41, 5.74) is 6.73. The van der Waals surface area contributed by atoms with Crippen LogP contribution in [0.4, 0.5) is 0 Å². The lowest BCUT2D eigenvalue weighted by atomic mass is 10.1. The number of aromatic nitrogens is 1. The van der Waals surface area contributed by atoms with Gasteiger partial charge >= 0.3 is 0 Å². The lowest BCUT2D eigenvalue weighted by Gasteiger charge is -2.12. The predicted molar refractivity (Wildman–Crippen MR) is 81.6 cm³/mol. The number of nitrogens with zero attached hydrogens (tertiary/aromatic N) is 2. The molecule has 5 heteroatoms. The van der Waals surface area contributed by atoms with E-state index in [-0.39, 0.29) is 22.9 Å². The third-order valence-corrected chi connectivity index (χ3v) is 3.39. The zero-order valence-corrected chi connectivity index (χ0v) is 11.9. The Morgan fingerprint density at radius 1 is 1.45 bits per heavy atom. The highest BCUT2D eigenvalue weighted by Crippen LogP contribution is 2.26. The second-order valence-corrected chi connectivity index (χ2v) is 4.90. The summed E-state index contributed by atoms with van der Waals surface area (Å²) in [4.78, 5) is 16.8. The van der Waals surface area contributed by atoms with Crippen LogP contribution >= 0.6 is 0 Å². The van der Waals surface area contributed by atoms with E-state index in [9.17, 15) is 9.90 Å². The molecule has 20 heavy (non-hydrogen) atoms. The Balaban J connectivity index is 2.78. The standard InChI is InChI=1S/C15H19N3O2/c1-9(8-16)17-10(2)13-14(19)11-6-4-5-7-12(11)18(3)15(13)20/h4-7,9,19H,8,16H2,1-3H3/t9-/m1/s1. The van der Waals surface area contributed by atoms with Gasteiger partial charge in [0, 0.05) is 24.7 Å². The average molecular weight is 273 g/mol. The summed E-state index contributed by atoms with van der Waals surface area (Å²) in [6.07, 6.45) is 0. The highest BCUT2D eigenvalue weighted by Gasteiger charge is 2.16. The first kappa shape index (κ1) is 14.3. The van der Waals surface area contributed by atoms with Crippen molar-refractivity contribution in [2.45, 2.75) is 19.9 Å². The summed E-state index contributed by atoms with van der Waals surface area (Å²) < 4.78 is 1.52. The number of nitrogens with two attached hydrogens (primary N) is 1. The van der Waals surface area contributed by atoms with Crippen molar-refractivity contribution < 1.29 is 5.11 Å². The monoisotopic (exact) mass is 273 g/mol. The average Bonchev–Trinajstić information content (AvgIpc) is 2.45. The fourth-order valence-corrected chi connectivity index (χ4v) is 2.25. The molecular formula is C15H19N3O2. The van der Waals surface area contributed by atoms with Crippen molar-refractivity contribution in [3.05, 3.63) is 40.2 Å². The Kier molecular flexibility index (Phi) is 3.90. The van der Waals surface area contributed by atoms with E-state index in [2.05, 4.69) is 4.99 Å². The maximum absolute atomic E-state index is 12.4. The molecule has 0 aliphatic heterocycles. The molecule has 2 aromatic rings. The van der Waals surface area contributed by atoms with Crippen LogP contribution in [0, 0.1) is 0 Å². The molecule has 0 fully saturated rings. The van der Waals surface area contributed by atoms with Crippen LogP contribution in [0.3, 0.4) is 0 Å². The van der Waals surface area contributed by atoms with Crippen molar-refractivity contribution >= 4 is 16.6 Å². The molecule has 0 aliphatic carbocycles. The van der Waals surface area contributed by atoms with Crippen LogP contribution in [0.15, 0.2) is 34.1 Å². The molecule has 5 nitrogen and oxygen atoms in total. The molecule has 0 bridgehead atoms. The molecule has 2 rings (SSSR count). The van der Waals surface area contributed by atoms with Gasteiger partial charge in [-0.1, -0.05) is 12.1 Å². The highest BCUT2D eigenvalue weighted by molar-refractivity contribution is 6.05. The van der Waals surface area contributed by atoms with E-state index in [0.717, 1.165) is 0 Å². The minimum Gasteiger partial charge on any atom is -0.506 e. The first-order valence-corrected chi connectivity index (χ1v) is 6.53. The Labute approximate surface area is 117 Å². The second kappa shape index (κ2) is 5.46. The largest absolute Gasteiger partial charge is 0.506 e. The summed E-state index contributed by atoms with van der Waals surface area (Å²) in [5.74, 6) is -0.0193. The van der Waals surface area contributed by atoms with Crippen LogP contribution in [-0.2, 0) is 7.05 Å². The summed E-state index contributed by atoms with van der Waals surface area (Å²) in [5, 5.41) is 11.0. The Bertz CT molecular complexity index is 732. The number of benzene rings is 1. The van der Waals surface area contributed by atoms with Gasteiger partial charge in [-0.05, 0) is 26.0 Å². The van der Waals surface area contributed by atoms with Gasteiger partial charge in [0.2, 0.25) is 0 Å². The number of fused-ring (bicyclic) bond motifs is 1. The molecule has 0 saturated heterocycles.